The van der Waals surface area contributed by atoms with E-state index in [4.69, 9.17) is 14.6 Å². The molecule has 284 valence electrons. The number of unbranched alkanes of at least 4 members (excludes halogenated alkanes) is 1. The molecule has 0 aliphatic heterocycles. The van der Waals surface area contributed by atoms with Crippen LogP contribution in [-0.4, -0.2) is 50.5 Å². The van der Waals surface area contributed by atoms with Crippen LogP contribution in [-0.2, 0) is 28.8 Å². The molecule has 3 aromatic carbocycles. The van der Waals surface area contributed by atoms with Gasteiger partial charge in [-0.05, 0) is 64.3 Å². The number of halogens is 5. The summed E-state index contributed by atoms with van der Waals surface area (Å²) in [6.07, 6.45) is -5.43. The number of hydrogen-bond donors (Lipinski definition) is 1. The van der Waals surface area contributed by atoms with Gasteiger partial charge in [0, 0.05) is 30.3 Å². The number of carboxylic acid groups (broad SMARTS) is 1. The minimum atomic E-state index is -5.01. The predicted molar refractivity (Wildman–Crippen MR) is 186 cm³/mol. The van der Waals surface area contributed by atoms with Gasteiger partial charge in [-0.15, -0.1) is 0 Å². The summed E-state index contributed by atoms with van der Waals surface area (Å²) in [7, 11) is 1.39. The highest BCUT2D eigenvalue weighted by Gasteiger charge is 2.35. The molecule has 0 aliphatic carbocycles. The van der Waals surface area contributed by atoms with Crippen molar-refractivity contribution in [2.24, 2.45) is 0 Å². The monoisotopic (exact) mass is 745 g/mol. The number of aliphatic carboxylic acids is 1. The van der Waals surface area contributed by atoms with Gasteiger partial charge in [-0.1, -0.05) is 48.5 Å². The zero-order valence-corrected chi connectivity index (χ0v) is 29.8. The van der Waals surface area contributed by atoms with Crippen LogP contribution in [0.1, 0.15) is 68.5 Å². The summed E-state index contributed by atoms with van der Waals surface area (Å²) < 4.78 is 86.2. The second-order valence-electron chi connectivity index (χ2n) is 13.3. The Morgan fingerprint density at radius 1 is 0.906 bits per heavy atom. The minimum absolute atomic E-state index is 0.0698. The van der Waals surface area contributed by atoms with Crippen LogP contribution in [0.15, 0.2) is 76.3 Å². The van der Waals surface area contributed by atoms with Gasteiger partial charge < -0.3 is 19.5 Å². The fraction of sp³-hybridized carbons (Fsp3) is 0.368. The highest BCUT2D eigenvalue weighted by Crippen LogP contribution is 2.35. The number of carbonyl (C=O) groups excluding carboxylic acids is 1. The number of nitrogens with zero attached hydrogens (tertiary/aromatic N) is 3. The van der Waals surface area contributed by atoms with Crippen LogP contribution in [0.4, 0.5) is 26.7 Å². The Balaban J connectivity index is 1.96. The van der Waals surface area contributed by atoms with Crippen LogP contribution in [0.3, 0.4) is 0 Å². The van der Waals surface area contributed by atoms with Crippen LogP contribution >= 0.6 is 0 Å². The van der Waals surface area contributed by atoms with Crippen LogP contribution < -0.4 is 16.0 Å². The Morgan fingerprint density at radius 2 is 1.57 bits per heavy atom. The lowest BCUT2D eigenvalue weighted by Crippen LogP contribution is -2.46. The van der Waals surface area contributed by atoms with Crippen LogP contribution in [0, 0.1) is 18.6 Å². The lowest BCUT2D eigenvalue weighted by molar-refractivity contribution is -0.139. The summed E-state index contributed by atoms with van der Waals surface area (Å²) in [5.41, 5.74) is -5.92. The molecule has 0 unspecified atom stereocenters. The van der Waals surface area contributed by atoms with Gasteiger partial charge in [-0.3, -0.25) is 18.7 Å². The van der Waals surface area contributed by atoms with Crippen molar-refractivity contribution < 1.29 is 46.1 Å². The van der Waals surface area contributed by atoms with Crippen LogP contribution in [0.5, 0.6) is 5.75 Å². The van der Waals surface area contributed by atoms with E-state index in [0.29, 0.717) is 16.2 Å². The molecule has 10 nitrogen and oxygen atoms in total. The maximum Gasteiger partial charge on any atom is 0.416 e. The van der Waals surface area contributed by atoms with Crippen molar-refractivity contribution in [1.82, 2.24) is 14.0 Å². The van der Waals surface area contributed by atoms with Crippen molar-refractivity contribution in [1.29, 1.82) is 0 Å². The summed E-state index contributed by atoms with van der Waals surface area (Å²) in [5, 5.41) is 8.88. The Morgan fingerprint density at radius 3 is 2.19 bits per heavy atom. The zero-order valence-electron chi connectivity index (χ0n) is 29.8. The molecule has 0 radical (unpaired) electrons. The quantitative estimate of drug-likeness (QED) is 0.111. The number of aromatic nitrogens is 2. The first-order valence-corrected chi connectivity index (χ1v) is 16.6. The first-order chi connectivity index (χ1) is 24.8. The number of carboxylic acids is 1. The fourth-order valence-corrected chi connectivity index (χ4v) is 5.74. The number of ether oxygens (including phenoxy) is 2. The maximum absolute atomic E-state index is 16.2. The van der Waals surface area contributed by atoms with Gasteiger partial charge >= 0.3 is 23.9 Å². The summed E-state index contributed by atoms with van der Waals surface area (Å²) in [6.45, 7) is 4.55. The first-order valence-electron chi connectivity index (χ1n) is 16.6. The Labute approximate surface area is 302 Å². The number of hydrogen-bond acceptors (Lipinski definition) is 6. The molecule has 4 rings (SSSR count). The average molecular weight is 746 g/mol. The minimum Gasteiger partial charge on any atom is -0.490 e. The molecule has 1 atom stereocenters. The van der Waals surface area contributed by atoms with Gasteiger partial charge in [0.25, 0.3) is 5.56 Å². The summed E-state index contributed by atoms with van der Waals surface area (Å²) in [6, 6.07) is 13.4. The van der Waals surface area contributed by atoms with Gasteiger partial charge in [0.2, 0.25) is 0 Å². The molecule has 1 heterocycles. The van der Waals surface area contributed by atoms with Crippen molar-refractivity contribution in [3.05, 3.63) is 122 Å². The van der Waals surface area contributed by atoms with E-state index >= 15 is 8.78 Å². The number of likely N-dealkylation sites (N-methyl/N-ethyl adjacent to an activating group) is 1. The smallest absolute Gasteiger partial charge is 0.416 e. The van der Waals surface area contributed by atoms with E-state index in [-0.39, 0.29) is 42.9 Å². The molecule has 0 fully saturated rings. The van der Waals surface area contributed by atoms with Gasteiger partial charge in [-0.2, -0.15) is 13.2 Å². The second-order valence-corrected chi connectivity index (χ2v) is 13.3. The van der Waals surface area contributed by atoms with Gasteiger partial charge in [0.05, 0.1) is 36.9 Å². The molecule has 0 aliphatic rings. The SMILES string of the molecule is Cc1c(-c2cccc(OCCCCC(=O)O)c2F)c(=O)n(C[C@@H](c2ccccc2)N(C)C(=O)OC(C)(C)C)c(=O)n1Cc1c(F)cccc1C(F)(F)F. The third kappa shape index (κ3) is 9.70. The second kappa shape index (κ2) is 16.5. The molecule has 1 amide bonds. The summed E-state index contributed by atoms with van der Waals surface area (Å²) in [4.78, 5) is 54.0. The maximum atomic E-state index is 16.2. The van der Waals surface area contributed by atoms with Gasteiger partial charge in [-0.25, -0.2) is 18.4 Å². The van der Waals surface area contributed by atoms with Crippen molar-refractivity contribution in [2.45, 2.75) is 77.9 Å². The molecule has 0 saturated heterocycles. The normalized spacial score (nSPS) is 12.3. The third-order valence-corrected chi connectivity index (χ3v) is 8.39. The number of amides is 1. The van der Waals surface area contributed by atoms with Gasteiger partial charge in [0.15, 0.2) is 11.6 Å². The average Bonchev–Trinajstić information content (AvgIpc) is 3.07. The van der Waals surface area contributed by atoms with Crippen LogP contribution in [0.2, 0.25) is 0 Å². The highest BCUT2D eigenvalue weighted by molar-refractivity contribution is 5.69. The summed E-state index contributed by atoms with van der Waals surface area (Å²) in [5.74, 6) is -3.61. The molecule has 15 heteroatoms. The van der Waals surface area contributed by atoms with Crippen LogP contribution in [0.25, 0.3) is 11.1 Å². The molecule has 0 bridgehead atoms. The van der Waals surface area contributed by atoms with E-state index in [1.54, 1.807) is 51.1 Å². The number of carbonyl (C=O) groups is 2. The van der Waals surface area contributed by atoms with E-state index < -0.39 is 82.5 Å². The van der Waals surface area contributed by atoms with E-state index in [9.17, 15) is 32.3 Å². The predicted octanol–water partition coefficient (Wildman–Crippen LogP) is 7.57. The van der Waals surface area contributed by atoms with Crippen molar-refractivity contribution in [3.63, 3.8) is 0 Å². The summed E-state index contributed by atoms with van der Waals surface area (Å²) >= 11 is 0. The Hall–Kier alpha value is -5.47. The molecule has 53 heavy (non-hydrogen) atoms. The first kappa shape index (κ1) is 40.3. The number of alkyl halides is 3. The molecule has 0 spiro atoms. The molecule has 4 aromatic rings. The number of rotatable bonds is 13. The van der Waals surface area contributed by atoms with Crippen molar-refractivity contribution in [3.8, 4) is 16.9 Å². The lowest BCUT2D eigenvalue weighted by Gasteiger charge is -2.31. The number of benzene rings is 3. The molecule has 1 N–H and O–H groups in total. The topological polar surface area (TPSA) is 120 Å². The van der Waals surface area contributed by atoms with E-state index in [2.05, 4.69) is 0 Å². The molecular weight excluding hydrogens is 705 g/mol. The third-order valence-electron chi connectivity index (χ3n) is 8.39. The highest BCUT2D eigenvalue weighted by atomic mass is 19.4. The van der Waals surface area contributed by atoms with E-state index in [1.807, 2.05) is 0 Å². The van der Waals surface area contributed by atoms with Crippen molar-refractivity contribution in [2.75, 3.05) is 13.7 Å². The standard InChI is InChI=1S/C38H40F5N3O7/c1-23-32(25-15-11-18-30(33(25)40)52-20-10-9-19-31(47)48)34(49)46(35(50)45(23)21-26-27(38(41,42)43)16-12-17-28(26)39)22-29(24-13-7-6-8-14-24)44(5)36(51)53-37(2,3)4/h6-8,11-18,29H,9-10,19-22H2,1-5H3,(H,47,48)/t29-/m0/s1. The molecular formula is C38H40F5N3O7. The molecule has 1 aromatic heterocycles. The van der Waals surface area contributed by atoms with Gasteiger partial charge in [0.1, 0.15) is 11.4 Å². The zero-order chi connectivity index (χ0) is 39.2. The Bertz CT molecular complexity index is 2070. The Kier molecular flexibility index (Phi) is 12.5. The van der Waals surface area contributed by atoms with Crippen molar-refractivity contribution >= 4 is 12.1 Å². The van der Waals surface area contributed by atoms with E-state index in [1.165, 1.54) is 32.2 Å². The fourth-order valence-electron chi connectivity index (χ4n) is 5.74. The lowest BCUT2D eigenvalue weighted by atomic mass is 10.0. The molecule has 0 saturated carbocycles. The van der Waals surface area contributed by atoms with E-state index in [0.717, 1.165) is 21.6 Å². The largest absolute Gasteiger partial charge is 0.490 e.